The zero-order chi connectivity index (χ0) is 11.6. The van der Waals surface area contributed by atoms with E-state index in [2.05, 4.69) is 4.72 Å². The molecule has 1 atom stereocenters. The van der Waals surface area contributed by atoms with E-state index in [1.165, 1.54) is 23.5 Å². The third-order valence-corrected chi connectivity index (χ3v) is 5.81. The molecule has 1 aromatic heterocycles. The minimum atomic E-state index is -2.66. The summed E-state index contributed by atoms with van der Waals surface area (Å²) in [5.74, 6) is 0.164. The Kier molecular flexibility index (Phi) is 3.13. The Labute approximate surface area is 103 Å². The van der Waals surface area contributed by atoms with Crippen LogP contribution in [0.25, 0.3) is 0 Å². The Morgan fingerprint density at radius 2 is 1.94 bits per heavy atom. The first-order valence-corrected chi connectivity index (χ1v) is 7.79. The summed E-state index contributed by atoms with van der Waals surface area (Å²) in [5, 5.41) is 10.9. The third kappa shape index (κ3) is 2.52. The lowest BCUT2D eigenvalue weighted by Gasteiger charge is -2.08. The predicted octanol–water partition coefficient (Wildman–Crippen LogP) is 2.59. The van der Waals surface area contributed by atoms with E-state index in [9.17, 15) is 4.21 Å². The first-order chi connectivity index (χ1) is 7.58. The Balaban J connectivity index is 2.25. The van der Waals surface area contributed by atoms with Gasteiger partial charge in [0.15, 0.2) is 0 Å². The van der Waals surface area contributed by atoms with Crippen LogP contribution in [0.2, 0.25) is 0 Å². The molecule has 2 N–H and O–H groups in total. The minimum absolute atomic E-state index is 0.164. The van der Waals surface area contributed by atoms with Gasteiger partial charge in [0, 0.05) is 16.9 Å². The van der Waals surface area contributed by atoms with Gasteiger partial charge in [0.1, 0.15) is 18.6 Å². The maximum atomic E-state index is 12.2. The molecule has 84 valence electrons. The van der Waals surface area contributed by atoms with Gasteiger partial charge in [0.05, 0.1) is 0 Å². The molecule has 0 aliphatic carbocycles. The molecule has 0 radical (unpaired) electrons. The number of nitrogens with one attached hydrogen (secondary N) is 1. The van der Waals surface area contributed by atoms with Crippen molar-refractivity contribution in [1.29, 1.82) is 0 Å². The largest absolute Gasteiger partial charge is 0.508 e. The van der Waals surface area contributed by atoms with Crippen LogP contribution in [-0.2, 0) is 19.9 Å². The van der Waals surface area contributed by atoms with Crippen molar-refractivity contribution >= 4 is 36.9 Å². The van der Waals surface area contributed by atoms with E-state index in [4.69, 9.17) is 16.3 Å². The molecule has 1 heterocycles. The molecule has 0 saturated carbocycles. The highest BCUT2D eigenvalue weighted by Gasteiger charge is 2.10. The van der Waals surface area contributed by atoms with Gasteiger partial charge in [-0.25, -0.2) is 4.21 Å². The normalized spacial score (nSPS) is 14.2. The van der Waals surface area contributed by atoms with E-state index in [0.717, 1.165) is 0 Å². The van der Waals surface area contributed by atoms with Crippen LogP contribution in [-0.4, -0.2) is 9.32 Å². The van der Waals surface area contributed by atoms with Crippen molar-refractivity contribution in [2.24, 2.45) is 0 Å². The highest BCUT2D eigenvalue weighted by molar-refractivity contribution is 8.34. The SMILES string of the molecule is O=S(=S)(Nc1ccc(O)cc1)c1cccs1. The van der Waals surface area contributed by atoms with E-state index < -0.39 is 8.68 Å². The Hall–Kier alpha value is -1.11. The van der Waals surface area contributed by atoms with Crippen LogP contribution in [0.5, 0.6) is 5.75 Å². The first-order valence-electron chi connectivity index (χ1n) is 4.43. The molecule has 0 aliphatic heterocycles. The van der Waals surface area contributed by atoms with E-state index in [1.54, 1.807) is 18.2 Å². The smallest absolute Gasteiger partial charge is 0.149 e. The molecule has 0 bridgehead atoms. The topological polar surface area (TPSA) is 49.3 Å². The third-order valence-electron chi connectivity index (χ3n) is 1.88. The van der Waals surface area contributed by atoms with Gasteiger partial charge in [0.2, 0.25) is 0 Å². The zero-order valence-electron chi connectivity index (χ0n) is 8.12. The molecule has 2 rings (SSSR count). The predicted molar refractivity (Wildman–Crippen MR) is 69.8 cm³/mol. The van der Waals surface area contributed by atoms with Gasteiger partial charge < -0.3 is 5.11 Å². The van der Waals surface area contributed by atoms with E-state index in [1.807, 2.05) is 11.4 Å². The Morgan fingerprint density at radius 1 is 1.25 bits per heavy atom. The molecule has 0 spiro atoms. The quantitative estimate of drug-likeness (QED) is 0.844. The van der Waals surface area contributed by atoms with Crippen LogP contribution in [0.1, 0.15) is 0 Å². The molecule has 6 heteroatoms. The Morgan fingerprint density at radius 3 is 2.50 bits per heavy atom. The van der Waals surface area contributed by atoms with Crippen molar-refractivity contribution in [2.45, 2.75) is 4.21 Å². The van der Waals surface area contributed by atoms with Crippen molar-refractivity contribution in [1.82, 2.24) is 0 Å². The van der Waals surface area contributed by atoms with Crippen LogP contribution in [0.15, 0.2) is 46.0 Å². The number of hydrogen-bond acceptors (Lipinski definition) is 4. The molecular weight excluding hydrogens is 262 g/mol. The summed E-state index contributed by atoms with van der Waals surface area (Å²) in [6.45, 7) is 0. The number of aromatic hydroxyl groups is 1. The van der Waals surface area contributed by atoms with Crippen LogP contribution >= 0.6 is 11.3 Å². The molecule has 1 unspecified atom stereocenters. The number of hydrogen-bond donors (Lipinski definition) is 2. The van der Waals surface area contributed by atoms with Gasteiger partial charge in [-0.1, -0.05) is 6.07 Å². The van der Waals surface area contributed by atoms with E-state index in [-0.39, 0.29) is 5.75 Å². The second-order valence-corrected chi connectivity index (χ2v) is 7.35. The number of thiophene rings is 1. The van der Waals surface area contributed by atoms with E-state index in [0.29, 0.717) is 9.90 Å². The standard InChI is InChI=1S/C10H9NO2S3/c12-9-5-3-8(4-6-9)11-16(13,14)10-2-1-7-15-10/h1-7,11-12H. The fourth-order valence-electron chi connectivity index (χ4n) is 1.15. The maximum Gasteiger partial charge on any atom is 0.149 e. The molecule has 0 amide bonds. The van der Waals surface area contributed by atoms with Gasteiger partial charge in [-0.15, -0.1) is 11.3 Å². The number of phenolic OH excluding ortho intramolecular Hbond substituents is 1. The second kappa shape index (κ2) is 4.40. The molecule has 1 aromatic carbocycles. The van der Waals surface area contributed by atoms with Crippen LogP contribution in [0.4, 0.5) is 5.69 Å². The number of anilines is 1. The monoisotopic (exact) mass is 271 g/mol. The summed E-state index contributed by atoms with van der Waals surface area (Å²) in [7, 11) is -2.66. The highest BCUT2D eigenvalue weighted by Crippen LogP contribution is 2.21. The molecule has 0 saturated heterocycles. The highest BCUT2D eigenvalue weighted by atomic mass is 32.8. The van der Waals surface area contributed by atoms with Gasteiger partial charge in [-0.2, -0.15) is 0 Å². The number of benzene rings is 1. The maximum absolute atomic E-state index is 12.2. The molecule has 3 nitrogen and oxygen atoms in total. The lowest BCUT2D eigenvalue weighted by Crippen LogP contribution is -2.09. The van der Waals surface area contributed by atoms with Gasteiger partial charge >= 0.3 is 0 Å². The fourth-order valence-corrected chi connectivity index (χ4v) is 4.01. The molecular formula is C10H9NO2S3. The summed E-state index contributed by atoms with van der Waals surface area (Å²) < 4.78 is 15.6. The minimum Gasteiger partial charge on any atom is -0.508 e. The average molecular weight is 271 g/mol. The van der Waals surface area contributed by atoms with Crippen LogP contribution in [0.3, 0.4) is 0 Å². The van der Waals surface area contributed by atoms with Gasteiger partial charge in [0.25, 0.3) is 0 Å². The number of rotatable bonds is 3. The van der Waals surface area contributed by atoms with Gasteiger partial charge in [-0.3, -0.25) is 4.72 Å². The molecule has 16 heavy (non-hydrogen) atoms. The summed E-state index contributed by atoms with van der Waals surface area (Å²) >= 11 is 6.40. The summed E-state index contributed by atoms with van der Waals surface area (Å²) in [6.07, 6.45) is 0. The second-order valence-electron chi connectivity index (χ2n) is 3.08. The average Bonchev–Trinajstić information content (AvgIpc) is 2.75. The van der Waals surface area contributed by atoms with Crippen LogP contribution in [0, 0.1) is 0 Å². The lowest BCUT2D eigenvalue weighted by atomic mass is 10.3. The lowest BCUT2D eigenvalue weighted by molar-refractivity contribution is 0.475. The first kappa shape index (κ1) is 11.4. The van der Waals surface area contributed by atoms with Crippen molar-refractivity contribution in [3.8, 4) is 5.75 Å². The Bertz CT molecular complexity index is 559. The van der Waals surface area contributed by atoms with Crippen LogP contribution < -0.4 is 4.72 Å². The summed E-state index contributed by atoms with van der Waals surface area (Å²) in [4.78, 5) is 0. The number of phenols is 1. The summed E-state index contributed by atoms with van der Waals surface area (Å²) in [5.41, 5.74) is 0.631. The molecule has 0 fully saturated rings. The van der Waals surface area contributed by atoms with E-state index >= 15 is 0 Å². The van der Waals surface area contributed by atoms with Crippen molar-refractivity contribution in [2.75, 3.05) is 4.72 Å². The van der Waals surface area contributed by atoms with Crippen molar-refractivity contribution < 1.29 is 9.32 Å². The summed E-state index contributed by atoms with van der Waals surface area (Å²) in [6, 6.07) is 9.85. The van der Waals surface area contributed by atoms with Crippen molar-refractivity contribution in [3.05, 3.63) is 41.8 Å². The van der Waals surface area contributed by atoms with Gasteiger partial charge in [-0.05, 0) is 35.7 Å². The fraction of sp³-hybridized carbons (Fsp3) is 0. The zero-order valence-corrected chi connectivity index (χ0v) is 10.6. The molecule has 2 aromatic rings. The van der Waals surface area contributed by atoms with Crippen molar-refractivity contribution in [3.63, 3.8) is 0 Å². The molecule has 0 aliphatic rings.